The predicted molar refractivity (Wildman–Crippen MR) is 98.2 cm³/mol. The molecule has 138 valence electrons. The lowest BCUT2D eigenvalue weighted by Crippen LogP contribution is -2.34. The van der Waals surface area contributed by atoms with E-state index in [0.29, 0.717) is 19.8 Å². The Bertz CT molecular complexity index is 740. The molecule has 0 aliphatic heterocycles. The minimum Gasteiger partial charge on any atom is -0.463 e. The first-order valence-corrected chi connectivity index (χ1v) is 8.99. The van der Waals surface area contributed by atoms with Crippen molar-refractivity contribution in [2.75, 3.05) is 19.8 Å². The minimum atomic E-state index is -0.380. The van der Waals surface area contributed by atoms with Gasteiger partial charge >= 0.3 is 0 Å². The Hall–Kier alpha value is -2.60. The van der Waals surface area contributed by atoms with Crippen LogP contribution in [0, 0.1) is 0 Å². The van der Waals surface area contributed by atoms with Crippen molar-refractivity contribution in [1.29, 1.82) is 0 Å². The van der Waals surface area contributed by atoms with Crippen LogP contribution in [0.2, 0.25) is 0 Å². The Balaban J connectivity index is 1.76. The first kappa shape index (κ1) is 18.2. The van der Waals surface area contributed by atoms with Gasteiger partial charge in [0.1, 0.15) is 6.61 Å². The van der Waals surface area contributed by atoms with E-state index in [1.807, 2.05) is 19.1 Å². The summed E-state index contributed by atoms with van der Waals surface area (Å²) in [6, 6.07) is 11.7. The number of nitrogens with zero attached hydrogens (tertiary/aromatic N) is 1. The van der Waals surface area contributed by atoms with Crippen LogP contribution in [-0.2, 0) is 15.9 Å². The highest BCUT2D eigenvalue weighted by Gasteiger charge is 2.21. The number of aryl methyl sites for hydroxylation is 1. The number of amides is 1. The van der Waals surface area contributed by atoms with Gasteiger partial charge in [-0.25, -0.2) is 4.99 Å². The molecule has 1 amide bonds. The first-order chi connectivity index (χ1) is 12.8. The maximum absolute atomic E-state index is 12.3. The monoisotopic (exact) mass is 356 g/mol. The average molecular weight is 356 g/mol. The average Bonchev–Trinajstić information content (AvgIpc) is 3.20. The van der Waals surface area contributed by atoms with Crippen LogP contribution in [0.4, 0.5) is 0 Å². The SMILES string of the molecule is CCOCCOC(=N[C@@H]1CCCc2ccccc21)NC(=O)c1ccco1. The maximum Gasteiger partial charge on any atom is 0.294 e. The van der Waals surface area contributed by atoms with Gasteiger partial charge in [-0.2, -0.15) is 0 Å². The number of furan rings is 1. The van der Waals surface area contributed by atoms with Gasteiger partial charge in [0.05, 0.1) is 18.9 Å². The molecule has 0 unspecified atom stereocenters. The standard InChI is InChI=1S/C20H24N2O4/c1-2-24-13-14-26-20(22-19(23)18-11-6-12-25-18)21-17-10-5-8-15-7-3-4-9-16(15)17/h3-4,6-7,9,11-12,17H,2,5,8,10,13-14H2,1H3,(H,21,22,23)/t17-/m1/s1. The van der Waals surface area contributed by atoms with Gasteiger partial charge in [-0.15, -0.1) is 0 Å². The molecule has 1 N–H and O–H groups in total. The van der Waals surface area contributed by atoms with Crippen molar-refractivity contribution in [3.05, 3.63) is 59.5 Å². The van der Waals surface area contributed by atoms with Crippen LogP contribution in [0.3, 0.4) is 0 Å². The molecule has 0 fully saturated rings. The van der Waals surface area contributed by atoms with E-state index in [4.69, 9.17) is 13.9 Å². The van der Waals surface area contributed by atoms with Gasteiger partial charge in [-0.3, -0.25) is 10.1 Å². The number of hydrogen-bond acceptors (Lipinski definition) is 5. The second-order valence-electron chi connectivity index (χ2n) is 6.02. The van der Waals surface area contributed by atoms with Gasteiger partial charge in [0.2, 0.25) is 0 Å². The van der Waals surface area contributed by atoms with E-state index in [1.165, 1.54) is 17.4 Å². The fourth-order valence-electron chi connectivity index (χ4n) is 3.02. The van der Waals surface area contributed by atoms with E-state index in [0.717, 1.165) is 19.3 Å². The number of nitrogens with one attached hydrogen (secondary N) is 1. The Kier molecular flexibility index (Phi) is 6.44. The van der Waals surface area contributed by atoms with Crippen molar-refractivity contribution >= 4 is 11.9 Å². The van der Waals surface area contributed by atoms with Crippen molar-refractivity contribution in [2.45, 2.75) is 32.2 Å². The summed E-state index contributed by atoms with van der Waals surface area (Å²) in [5.74, 6) is -0.163. The molecule has 0 saturated carbocycles. The van der Waals surface area contributed by atoms with Crippen molar-refractivity contribution in [1.82, 2.24) is 5.32 Å². The summed E-state index contributed by atoms with van der Waals surface area (Å²) < 4.78 is 16.1. The molecule has 1 aromatic carbocycles. The number of rotatable bonds is 6. The highest BCUT2D eigenvalue weighted by molar-refractivity contribution is 6.02. The smallest absolute Gasteiger partial charge is 0.294 e. The lowest BCUT2D eigenvalue weighted by molar-refractivity contribution is 0.0899. The van der Waals surface area contributed by atoms with Gasteiger partial charge in [0, 0.05) is 6.61 Å². The number of ether oxygens (including phenoxy) is 2. The van der Waals surface area contributed by atoms with E-state index < -0.39 is 0 Å². The number of aliphatic imine (C=N–C) groups is 1. The molecule has 0 radical (unpaired) electrons. The van der Waals surface area contributed by atoms with Crippen LogP contribution >= 0.6 is 0 Å². The lowest BCUT2D eigenvalue weighted by atomic mass is 9.88. The van der Waals surface area contributed by atoms with Crippen LogP contribution in [0.5, 0.6) is 0 Å². The number of carbonyl (C=O) groups is 1. The summed E-state index contributed by atoms with van der Waals surface area (Å²) in [5.41, 5.74) is 2.50. The molecule has 0 spiro atoms. The molecular formula is C20H24N2O4. The molecule has 6 nitrogen and oxygen atoms in total. The third kappa shape index (κ3) is 4.73. The number of carbonyl (C=O) groups excluding carboxylic acids is 1. The zero-order valence-corrected chi connectivity index (χ0v) is 14.9. The topological polar surface area (TPSA) is 73.1 Å². The van der Waals surface area contributed by atoms with Gasteiger partial charge < -0.3 is 13.9 Å². The van der Waals surface area contributed by atoms with Gasteiger partial charge in [-0.1, -0.05) is 24.3 Å². The fourth-order valence-corrected chi connectivity index (χ4v) is 3.02. The Labute approximate surface area is 153 Å². The second-order valence-corrected chi connectivity index (χ2v) is 6.02. The van der Waals surface area contributed by atoms with Crippen molar-refractivity contribution in [3.8, 4) is 0 Å². The minimum absolute atomic E-state index is 0.0288. The van der Waals surface area contributed by atoms with E-state index in [1.54, 1.807) is 12.1 Å². The number of amidine groups is 1. The van der Waals surface area contributed by atoms with Crippen LogP contribution in [0.1, 0.15) is 47.5 Å². The Morgan fingerprint density at radius 3 is 2.96 bits per heavy atom. The van der Waals surface area contributed by atoms with Crippen LogP contribution < -0.4 is 5.32 Å². The lowest BCUT2D eigenvalue weighted by Gasteiger charge is -2.23. The van der Waals surface area contributed by atoms with E-state index in [-0.39, 0.29) is 23.7 Å². The summed E-state index contributed by atoms with van der Waals surface area (Å²) in [7, 11) is 0. The summed E-state index contributed by atoms with van der Waals surface area (Å²) in [6.07, 6.45) is 4.50. The van der Waals surface area contributed by atoms with Gasteiger partial charge in [0.25, 0.3) is 11.9 Å². The molecule has 1 aliphatic carbocycles. The fraction of sp³-hybridized carbons (Fsp3) is 0.400. The number of hydrogen-bond donors (Lipinski definition) is 1. The Morgan fingerprint density at radius 1 is 1.27 bits per heavy atom. The molecule has 1 aromatic heterocycles. The molecule has 26 heavy (non-hydrogen) atoms. The molecule has 0 bridgehead atoms. The quantitative estimate of drug-likeness (QED) is 0.488. The van der Waals surface area contributed by atoms with Gasteiger partial charge in [-0.05, 0) is 49.4 Å². The molecule has 3 rings (SSSR count). The third-order valence-corrected chi connectivity index (χ3v) is 4.25. The Morgan fingerprint density at radius 2 is 2.15 bits per heavy atom. The van der Waals surface area contributed by atoms with E-state index in [2.05, 4.69) is 22.4 Å². The van der Waals surface area contributed by atoms with Crippen LogP contribution in [0.25, 0.3) is 0 Å². The largest absolute Gasteiger partial charge is 0.463 e. The highest BCUT2D eigenvalue weighted by Crippen LogP contribution is 2.32. The summed E-state index contributed by atoms with van der Waals surface area (Å²) in [5, 5.41) is 2.71. The molecule has 1 heterocycles. The van der Waals surface area contributed by atoms with Crippen molar-refractivity contribution < 1.29 is 18.7 Å². The number of fused-ring (bicyclic) bond motifs is 1. The van der Waals surface area contributed by atoms with Crippen molar-refractivity contribution in [3.63, 3.8) is 0 Å². The molecule has 1 atom stereocenters. The third-order valence-electron chi connectivity index (χ3n) is 4.25. The highest BCUT2D eigenvalue weighted by atomic mass is 16.5. The summed E-state index contributed by atoms with van der Waals surface area (Å²) >= 11 is 0. The van der Waals surface area contributed by atoms with Crippen molar-refractivity contribution in [2.24, 2.45) is 4.99 Å². The van der Waals surface area contributed by atoms with Gasteiger partial charge in [0.15, 0.2) is 5.76 Å². The molecular weight excluding hydrogens is 332 g/mol. The van der Waals surface area contributed by atoms with Crippen LogP contribution in [0.15, 0.2) is 52.1 Å². The molecule has 1 aliphatic rings. The summed E-state index contributed by atoms with van der Waals surface area (Å²) in [6.45, 7) is 3.30. The zero-order chi connectivity index (χ0) is 18.2. The van der Waals surface area contributed by atoms with E-state index in [9.17, 15) is 4.79 Å². The normalized spacial score (nSPS) is 16.8. The maximum atomic E-state index is 12.3. The predicted octanol–water partition coefficient (Wildman–Crippen LogP) is 3.50. The number of benzene rings is 1. The summed E-state index contributed by atoms with van der Waals surface area (Å²) in [4.78, 5) is 17.0. The first-order valence-electron chi connectivity index (χ1n) is 8.99. The molecule has 2 aromatic rings. The zero-order valence-electron chi connectivity index (χ0n) is 14.9. The van der Waals surface area contributed by atoms with E-state index >= 15 is 0 Å². The van der Waals surface area contributed by atoms with Crippen LogP contribution in [-0.4, -0.2) is 31.7 Å². The molecule has 0 saturated heterocycles. The second kappa shape index (κ2) is 9.20. The molecule has 6 heteroatoms.